The van der Waals surface area contributed by atoms with Crippen LogP contribution in [0.25, 0.3) is 0 Å². The molecule has 1 amide bonds. The Bertz CT molecular complexity index is 914. The maximum Gasteiger partial charge on any atom is 0.277 e. The van der Waals surface area contributed by atoms with E-state index in [1.54, 1.807) is 19.1 Å². The normalized spacial score (nSPS) is 11.8. The molecule has 3 rings (SSSR count). The van der Waals surface area contributed by atoms with Crippen molar-refractivity contribution < 1.29 is 13.6 Å². The summed E-state index contributed by atoms with van der Waals surface area (Å²) in [6.07, 6.45) is 0. The quantitative estimate of drug-likeness (QED) is 0.591. The number of amides is 1. The van der Waals surface area contributed by atoms with Crippen LogP contribution in [0.2, 0.25) is 0 Å². The van der Waals surface area contributed by atoms with Gasteiger partial charge in [-0.1, -0.05) is 30.0 Å². The molecule has 140 valence electrons. The molecular formula is C19H19FN4O2S. The van der Waals surface area contributed by atoms with Crippen molar-refractivity contribution in [2.24, 2.45) is 0 Å². The number of thioether (sulfide) groups is 1. The molecular weight excluding hydrogens is 367 g/mol. The molecule has 2 N–H and O–H groups in total. The first-order valence-corrected chi connectivity index (χ1v) is 9.24. The average molecular weight is 386 g/mol. The van der Waals surface area contributed by atoms with Crippen molar-refractivity contribution in [3.05, 3.63) is 65.8 Å². The largest absolute Gasteiger partial charge is 0.414 e. The molecule has 3 aromatic rings. The van der Waals surface area contributed by atoms with Crippen molar-refractivity contribution in [2.75, 3.05) is 10.6 Å². The minimum Gasteiger partial charge on any atom is -0.414 e. The number of benzene rings is 2. The summed E-state index contributed by atoms with van der Waals surface area (Å²) >= 11 is 1.19. The number of hydrogen-bond acceptors (Lipinski definition) is 6. The molecule has 0 fully saturated rings. The first-order valence-electron chi connectivity index (χ1n) is 8.36. The topological polar surface area (TPSA) is 80.0 Å². The molecule has 0 saturated heterocycles. The van der Waals surface area contributed by atoms with Crippen LogP contribution in [-0.2, 0) is 11.3 Å². The Balaban J connectivity index is 1.52. The second-order valence-electron chi connectivity index (χ2n) is 5.89. The zero-order valence-electron chi connectivity index (χ0n) is 14.9. The molecule has 6 nitrogen and oxygen atoms in total. The summed E-state index contributed by atoms with van der Waals surface area (Å²) in [7, 11) is 0. The number of nitrogens with zero attached hydrogens (tertiary/aromatic N) is 2. The van der Waals surface area contributed by atoms with Crippen LogP contribution >= 0.6 is 11.8 Å². The van der Waals surface area contributed by atoms with Crippen molar-refractivity contribution in [3.63, 3.8) is 0 Å². The highest BCUT2D eigenvalue weighted by Crippen LogP contribution is 2.24. The van der Waals surface area contributed by atoms with E-state index in [0.717, 1.165) is 16.9 Å². The van der Waals surface area contributed by atoms with E-state index in [9.17, 15) is 9.18 Å². The van der Waals surface area contributed by atoms with Crippen LogP contribution in [-0.4, -0.2) is 21.4 Å². The molecule has 0 aliphatic carbocycles. The molecule has 0 saturated carbocycles. The van der Waals surface area contributed by atoms with Gasteiger partial charge in [0.1, 0.15) is 5.82 Å². The van der Waals surface area contributed by atoms with Crippen LogP contribution in [0.1, 0.15) is 18.4 Å². The molecule has 2 aromatic carbocycles. The third kappa shape index (κ3) is 5.30. The van der Waals surface area contributed by atoms with Crippen LogP contribution < -0.4 is 10.6 Å². The van der Waals surface area contributed by atoms with Gasteiger partial charge >= 0.3 is 0 Å². The Labute approximate surface area is 160 Å². The number of hydrogen-bond donors (Lipinski definition) is 2. The molecule has 8 heteroatoms. The summed E-state index contributed by atoms with van der Waals surface area (Å²) in [6, 6.07) is 13.6. The summed E-state index contributed by atoms with van der Waals surface area (Å²) < 4.78 is 18.4. The zero-order valence-corrected chi connectivity index (χ0v) is 15.7. The molecule has 0 bridgehead atoms. The minimum atomic E-state index is -0.400. The number of para-hydroxylation sites is 1. The highest BCUT2D eigenvalue weighted by molar-refractivity contribution is 8.00. The van der Waals surface area contributed by atoms with Gasteiger partial charge in [-0.2, -0.15) is 0 Å². The van der Waals surface area contributed by atoms with Crippen LogP contribution in [0.4, 0.5) is 15.8 Å². The third-order valence-corrected chi connectivity index (χ3v) is 4.72. The number of halogens is 1. The van der Waals surface area contributed by atoms with Crippen molar-refractivity contribution in [2.45, 2.75) is 30.9 Å². The van der Waals surface area contributed by atoms with Crippen LogP contribution in [0.15, 0.2) is 58.2 Å². The molecule has 0 radical (unpaired) electrons. The second-order valence-corrected chi connectivity index (χ2v) is 7.18. The Hall–Kier alpha value is -2.87. The van der Waals surface area contributed by atoms with E-state index >= 15 is 0 Å². The molecule has 0 spiro atoms. The van der Waals surface area contributed by atoms with Gasteiger partial charge in [0.25, 0.3) is 5.22 Å². The van der Waals surface area contributed by atoms with E-state index in [1.165, 1.54) is 23.9 Å². The lowest BCUT2D eigenvalue weighted by Crippen LogP contribution is -2.22. The van der Waals surface area contributed by atoms with E-state index in [4.69, 9.17) is 4.42 Å². The molecule has 1 heterocycles. The van der Waals surface area contributed by atoms with E-state index in [0.29, 0.717) is 17.7 Å². The predicted octanol–water partition coefficient (Wildman–Crippen LogP) is 4.25. The smallest absolute Gasteiger partial charge is 0.277 e. The fraction of sp³-hybridized carbons (Fsp3) is 0.211. The van der Waals surface area contributed by atoms with Crippen molar-refractivity contribution in [1.29, 1.82) is 0 Å². The number of carbonyl (C=O) groups excluding carboxylic acids is 1. The van der Waals surface area contributed by atoms with Crippen molar-refractivity contribution in [3.8, 4) is 0 Å². The molecule has 27 heavy (non-hydrogen) atoms. The lowest BCUT2D eigenvalue weighted by molar-refractivity contribution is -0.115. The number of rotatable bonds is 7. The fourth-order valence-corrected chi connectivity index (χ4v) is 2.96. The van der Waals surface area contributed by atoms with E-state index < -0.39 is 5.25 Å². The third-order valence-electron chi connectivity index (χ3n) is 3.79. The van der Waals surface area contributed by atoms with Gasteiger partial charge in [-0.3, -0.25) is 4.79 Å². The van der Waals surface area contributed by atoms with Gasteiger partial charge in [-0.25, -0.2) is 4.39 Å². The van der Waals surface area contributed by atoms with Crippen molar-refractivity contribution in [1.82, 2.24) is 10.2 Å². The highest BCUT2D eigenvalue weighted by Gasteiger charge is 2.19. The first-order chi connectivity index (χ1) is 13.0. The monoisotopic (exact) mass is 386 g/mol. The Morgan fingerprint density at radius 1 is 1.19 bits per heavy atom. The van der Waals surface area contributed by atoms with Crippen LogP contribution in [0.3, 0.4) is 0 Å². The number of nitrogens with one attached hydrogen (secondary N) is 2. The van der Waals surface area contributed by atoms with Gasteiger partial charge in [-0.05, 0) is 49.7 Å². The standard InChI is InChI=1S/C19H19FN4O2S/c1-12-5-3-4-6-16(12)22-18(25)13(2)27-19-24-23-17(26-19)11-21-15-9-7-14(20)8-10-15/h3-10,13,21H,11H2,1-2H3,(H,22,25)/t13-/m0/s1. The Morgan fingerprint density at radius 2 is 1.93 bits per heavy atom. The summed E-state index contributed by atoms with van der Waals surface area (Å²) in [6.45, 7) is 4.02. The zero-order chi connectivity index (χ0) is 19.2. The number of aromatic nitrogens is 2. The summed E-state index contributed by atoms with van der Waals surface area (Å²) in [5.41, 5.74) is 2.52. The average Bonchev–Trinajstić information content (AvgIpc) is 3.10. The summed E-state index contributed by atoms with van der Waals surface area (Å²) in [5.74, 6) is -0.0539. The lowest BCUT2D eigenvalue weighted by atomic mass is 10.2. The molecule has 0 aliphatic rings. The summed E-state index contributed by atoms with van der Waals surface area (Å²) in [4.78, 5) is 12.3. The highest BCUT2D eigenvalue weighted by atomic mass is 32.2. The van der Waals surface area contributed by atoms with Crippen molar-refractivity contribution >= 4 is 29.0 Å². The minimum absolute atomic E-state index is 0.140. The van der Waals surface area contributed by atoms with E-state index in [2.05, 4.69) is 20.8 Å². The van der Waals surface area contributed by atoms with E-state index in [1.807, 2.05) is 31.2 Å². The van der Waals surface area contributed by atoms with Gasteiger partial charge in [0.05, 0.1) is 11.8 Å². The first kappa shape index (κ1) is 18.9. The molecule has 0 unspecified atom stereocenters. The lowest BCUT2D eigenvalue weighted by Gasteiger charge is -2.11. The van der Waals surface area contributed by atoms with Gasteiger partial charge < -0.3 is 15.1 Å². The number of anilines is 2. The second kappa shape index (κ2) is 8.68. The fourth-order valence-electron chi connectivity index (χ4n) is 2.25. The van der Waals surface area contributed by atoms with Gasteiger partial charge in [0.2, 0.25) is 11.8 Å². The van der Waals surface area contributed by atoms with Gasteiger partial charge in [0.15, 0.2) is 0 Å². The molecule has 0 aliphatic heterocycles. The van der Waals surface area contributed by atoms with Crippen LogP contribution in [0.5, 0.6) is 0 Å². The predicted molar refractivity (Wildman–Crippen MR) is 103 cm³/mol. The SMILES string of the molecule is Cc1ccccc1NC(=O)[C@H](C)Sc1nnc(CNc2ccc(F)cc2)o1. The maximum atomic E-state index is 12.9. The Kier molecular flexibility index (Phi) is 6.08. The van der Waals surface area contributed by atoms with Crippen LogP contribution in [0, 0.1) is 12.7 Å². The number of carbonyl (C=O) groups is 1. The molecule has 1 aromatic heterocycles. The number of aryl methyl sites for hydroxylation is 1. The van der Waals surface area contributed by atoms with E-state index in [-0.39, 0.29) is 11.7 Å². The summed E-state index contributed by atoms with van der Waals surface area (Å²) in [5, 5.41) is 13.8. The van der Waals surface area contributed by atoms with Gasteiger partial charge in [-0.15, -0.1) is 10.2 Å². The Morgan fingerprint density at radius 3 is 2.67 bits per heavy atom. The molecule has 1 atom stereocenters. The maximum absolute atomic E-state index is 12.9. The van der Waals surface area contributed by atoms with Gasteiger partial charge in [0, 0.05) is 11.4 Å².